The zero-order valence-corrected chi connectivity index (χ0v) is 19.6. The predicted octanol–water partition coefficient (Wildman–Crippen LogP) is 2.86. The largest absolute Gasteiger partial charge is 0.492 e. The summed E-state index contributed by atoms with van der Waals surface area (Å²) in [4.78, 5) is 15.5. The first-order chi connectivity index (χ1) is 14.8. The standard InChI is InChI=1S/C22H28N2O5S2/c1-16-12-17(2)14-18(13-16)29-9-6-23-31(26,27)19-4-5-21(30-3)20(15-19)22(25)24-7-10-28-11-8-24/h4-5,12-15,23H,6-11H2,1-3H3. The van der Waals surface area contributed by atoms with Crippen molar-refractivity contribution in [1.82, 2.24) is 9.62 Å². The number of nitrogens with zero attached hydrogens (tertiary/aromatic N) is 1. The molecule has 1 N–H and O–H groups in total. The number of hydrogen-bond donors (Lipinski definition) is 1. The van der Waals surface area contributed by atoms with Crippen LogP contribution in [-0.2, 0) is 14.8 Å². The van der Waals surface area contributed by atoms with E-state index in [2.05, 4.69) is 4.72 Å². The van der Waals surface area contributed by atoms with Crippen LogP contribution in [0.5, 0.6) is 5.75 Å². The second kappa shape index (κ2) is 10.5. The number of rotatable bonds is 8. The van der Waals surface area contributed by atoms with Crippen molar-refractivity contribution in [2.45, 2.75) is 23.6 Å². The first-order valence-corrected chi connectivity index (χ1v) is 12.8. The summed E-state index contributed by atoms with van der Waals surface area (Å²) in [7, 11) is -3.78. The van der Waals surface area contributed by atoms with Gasteiger partial charge in [0.1, 0.15) is 12.4 Å². The van der Waals surface area contributed by atoms with Crippen LogP contribution in [0, 0.1) is 13.8 Å². The van der Waals surface area contributed by atoms with Gasteiger partial charge in [-0.3, -0.25) is 4.79 Å². The molecule has 1 aliphatic heterocycles. The van der Waals surface area contributed by atoms with Crippen LogP contribution in [0.3, 0.4) is 0 Å². The SMILES string of the molecule is CSc1ccc(S(=O)(=O)NCCOc2cc(C)cc(C)c2)cc1C(=O)N1CCOCC1. The van der Waals surface area contributed by atoms with Gasteiger partial charge in [0, 0.05) is 24.5 Å². The van der Waals surface area contributed by atoms with E-state index in [4.69, 9.17) is 9.47 Å². The third-order valence-corrected chi connectivity index (χ3v) is 7.12. The lowest BCUT2D eigenvalue weighted by atomic mass is 10.1. The fourth-order valence-electron chi connectivity index (χ4n) is 3.40. The number of carbonyl (C=O) groups excluding carboxylic acids is 1. The van der Waals surface area contributed by atoms with E-state index in [9.17, 15) is 13.2 Å². The molecule has 0 spiro atoms. The summed E-state index contributed by atoms with van der Waals surface area (Å²) in [6.45, 7) is 6.25. The highest BCUT2D eigenvalue weighted by Gasteiger charge is 2.24. The molecule has 0 radical (unpaired) electrons. The minimum atomic E-state index is -3.78. The average molecular weight is 465 g/mol. The van der Waals surface area contributed by atoms with Crippen LogP contribution in [0.4, 0.5) is 0 Å². The van der Waals surface area contributed by atoms with E-state index in [1.165, 1.54) is 23.9 Å². The lowest BCUT2D eigenvalue weighted by molar-refractivity contribution is 0.0300. The Morgan fingerprint density at radius 1 is 1.13 bits per heavy atom. The first-order valence-electron chi connectivity index (χ1n) is 10.1. The van der Waals surface area contributed by atoms with Gasteiger partial charge in [-0.2, -0.15) is 0 Å². The van der Waals surface area contributed by atoms with E-state index in [0.717, 1.165) is 16.0 Å². The Morgan fingerprint density at radius 3 is 2.45 bits per heavy atom. The van der Waals surface area contributed by atoms with Crippen molar-refractivity contribution in [1.29, 1.82) is 0 Å². The second-order valence-electron chi connectivity index (χ2n) is 7.34. The van der Waals surface area contributed by atoms with Gasteiger partial charge in [0.2, 0.25) is 10.0 Å². The van der Waals surface area contributed by atoms with Crippen molar-refractivity contribution in [2.24, 2.45) is 0 Å². The molecule has 2 aromatic carbocycles. The van der Waals surface area contributed by atoms with Gasteiger partial charge in [-0.1, -0.05) is 6.07 Å². The minimum Gasteiger partial charge on any atom is -0.492 e. The molecule has 31 heavy (non-hydrogen) atoms. The summed E-state index contributed by atoms with van der Waals surface area (Å²) >= 11 is 1.41. The molecule has 0 aromatic heterocycles. The molecule has 1 saturated heterocycles. The lowest BCUT2D eigenvalue weighted by Crippen LogP contribution is -2.41. The van der Waals surface area contributed by atoms with E-state index in [0.29, 0.717) is 37.6 Å². The van der Waals surface area contributed by atoms with Crippen LogP contribution in [0.15, 0.2) is 46.2 Å². The van der Waals surface area contributed by atoms with E-state index in [1.807, 2.05) is 38.3 Å². The van der Waals surface area contributed by atoms with Crippen molar-refractivity contribution >= 4 is 27.7 Å². The molecule has 0 aliphatic carbocycles. The van der Waals surface area contributed by atoms with Gasteiger partial charge in [-0.05, 0) is 61.6 Å². The smallest absolute Gasteiger partial charge is 0.255 e. The molecule has 2 aromatic rings. The fourth-order valence-corrected chi connectivity index (χ4v) is 5.01. The maximum atomic E-state index is 13.0. The summed E-state index contributed by atoms with van der Waals surface area (Å²) in [5, 5.41) is 0. The number of nitrogens with one attached hydrogen (secondary N) is 1. The van der Waals surface area contributed by atoms with Gasteiger partial charge >= 0.3 is 0 Å². The molecule has 1 fully saturated rings. The van der Waals surface area contributed by atoms with E-state index < -0.39 is 10.0 Å². The molecule has 0 unspecified atom stereocenters. The highest BCUT2D eigenvalue weighted by Crippen LogP contribution is 2.25. The Kier molecular flexibility index (Phi) is 7.99. The molecule has 3 rings (SSSR count). The first kappa shape index (κ1) is 23.6. The van der Waals surface area contributed by atoms with E-state index in [-0.39, 0.29) is 24.0 Å². The number of thioether (sulfide) groups is 1. The van der Waals surface area contributed by atoms with Crippen LogP contribution in [-0.4, -0.2) is 64.9 Å². The predicted molar refractivity (Wildman–Crippen MR) is 122 cm³/mol. The molecule has 0 bridgehead atoms. The Bertz CT molecular complexity index is 1010. The van der Waals surface area contributed by atoms with Crippen molar-refractivity contribution in [3.8, 4) is 5.75 Å². The Morgan fingerprint density at radius 2 is 1.81 bits per heavy atom. The molecule has 9 heteroatoms. The monoisotopic (exact) mass is 464 g/mol. The molecule has 0 saturated carbocycles. The summed E-state index contributed by atoms with van der Waals surface area (Å²) in [6.07, 6.45) is 1.86. The van der Waals surface area contributed by atoms with Crippen LogP contribution < -0.4 is 9.46 Å². The molecule has 1 amide bonds. The topological polar surface area (TPSA) is 84.9 Å². The summed E-state index contributed by atoms with van der Waals surface area (Å²) in [5.41, 5.74) is 2.56. The van der Waals surface area contributed by atoms with Crippen LogP contribution in [0.1, 0.15) is 21.5 Å². The lowest BCUT2D eigenvalue weighted by Gasteiger charge is -2.27. The van der Waals surface area contributed by atoms with E-state index >= 15 is 0 Å². The molecule has 0 atom stereocenters. The van der Waals surface area contributed by atoms with Crippen molar-refractivity contribution in [3.05, 3.63) is 53.1 Å². The number of benzene rings is 2. The molecule has 168 valence electrons. The Balaban J connectivity index is 1.67. The van der Waals surface area contributed by atoms with Gasteiger partial charge in [-0.25, -0.2) is 13.1 Å². The van der Waals surface area contributed by atoms with Gasteiger partial charge in [-0.15, -0.1) is 11.8 Å². The van der Waals surface area contributed by atoms with Gasteiger partial charge < -0.3 is 14.4 Å². The third-order valence-electron chi connectivity index (χ3n) is 4.87. The second-order valence-corrected chi connectivity index (χ2v) is 9.95. The molecular weight excluding hydrogens is 436 g/mol. The number of amides is 1. The number of carbonyl (C=O) groups is 1. The molecule has 1 aliphatic rings. The van der Waals surface area contributed by atoms with Gasteiger partial charge in [0.25, 0.3) is 5.91 Å². The molecular formula is C22H28N2O5S2. The van der Waals surface area contributed by atoms with Crippen LogP contribution >= 0.6 is 11.8 Å². The van der Waals surface area contributed by atoms with Crippen molar-refractivity contribution in [2.75, 3.05) is 45.7 Å². The Labute approximate surface area is 188 Å². The van der Waals surface area contributed by atoms with Crippen LogP contribution in [0.2, 0.25) is 0 Å². The normalized spacial score (nSPS) is 14.5. The number of hydrogen-bond acceptors (Lipinski definition) is 6. The summed E-state index contributed by atoms with van der Waals surface area (Å²) in [5.74, 6) is 0.530. The maximum absolute atomic E-state index is 13.0. The highest BCUT2D eigenvalue weighted by molar-refractivity contribution is 7.98. The quantitative estimate of drug-likeness (QED) is 0.478. The number of ether oxygens (including phenoxy) is 2. The van der Waals surface area contributed by atoms with Gasteiger partial charge in [0.05, 0.1) is 23.7 Å². The maximum Gasteiger partial charge on any atom is 0.255 e. The summed E-state index contributed by atoms with van der Waals surface area (Å²) in [6, 6.07) is 10.5. The number of aryl methyl sites for hydroxylation is 2. The highest BCUT2D eigenvalue weighted by atomic mass is 32.2. The van der Waals surface area contributed by atoms with Crippen molar-refractivity contribution < 1.29 is 22.7 Å². The number of morpholine rings is 1. The van der Waals surface area contributed by atoms with E-state index in [1.54, 1.807) is 11.0 Å². The molecule has 7 nitrogen and oxygen atoms in total. The average Bonchev–Trinajstić information content (AvgIpc) is 2.75. The third kappa shape index (κ3) is 6.22. The summed E-state index contributed by atoms with van der Waals surface area (Å²) < 4.78 is 39.1. The fraction of sp³-hybridized carbons (Fsp3) is 0.409. The zero-order valence-electron chi connectivity index (χ0n) is 18.0. The van der Waals surface area contributed by atoms with Gasteiger partial charge in [0.15, 0.2) is 0 Å². The van der Waals surface area contributed by atoms with Crippen LogP contribution in [0.25, 0.3) is 0 Å². The van der Waals surface area contributed by atoms with Crippen molar-refractivity contribution in [3.63, 3.8) is 0 Å². The minimum absolute atomic E-state index is 0.0632. The number of sulfonamides is 1. The Hall–Kier alpha value is -2.07. The zero-order chi connectivity index (χ0) is 22.4. The molecule has 1 heterocycles.